The van der Waals surface area contributed by atoms with Crippen molar-refractivity contribution in [3.63, 3.8) is 0 Å². The highest BCUT2D eigenvalue weighted by Gasteiger charge is 2.40. The third kappa shape index (κ3) is 3.27. The van der Waals surface area contributed by atoms with Crippen LogP contribution in [0.2, 0.25) is 0 Å². The number of carbonyl (C=O) groups excluding carboxylic acids is 1. The van der Waals surface area contributed by atoms with Crippen LogP contribution in [0.15, 0.2) is 24.3 Å². The summed E-state index contributed by atoms with van der Waals surface area (Å²) in [6, 6.07) is 6.24. The quantitative estimate of drug-likeness (QED) is 0.756. The molecule has 1 amide bonds. The maximum absolute atomic E-state index is 11.8. The molecule has 0 atom stereocenters. The van der Waals surface area contributed by atoms with Gasteiger partial charge in [-0.25, -0.2) is 4.79 Å². The summed E-state index contributed by atoms with van der Waals surface area (Å²) in [5, 5.41) is 11.6. The number of amides is 1. The molecule has 0 aromatic heterocycles. The Hall–Kier alpha value is -2.08. The third-order valence-corrected chi connectivity index (χ3v) is 3.13. The molecular formula is C14H17NO5. The predicted octanol–water partition coefficient (Wildman–Crippen LogP) is 0.916. The standard InChI is InChI=1S/C14H17NO5/c1-14(8-19-9-14)13(18)15-5-6-20-11-4-2-3-10(7-11)12(16)17/h2-4,7H,5-6,8-9H2,1H3,(H,15,18)(H,16,17). The lowest BCUT2D eigenvalue weighted by Gasteiger charge is -2.36. The number of ether oxygens (including phenoxy) is 2. The molecule has 0 saturated carbocycles. The largest absolute Gasteiger partial charge is 0.492 e. The number of rotatable bonds is 6. The maximum atomic E-state index is 11.8. The fourth-order valence-electron chi connectivity index (χ4n) is 1.81. The molecule has 0 spiro atoms. The van der Waals surface area contributed by atoms with E-state index in [1.54, 1.807) is 12.1 Å². The number of carbonyl (C=O) groups is 2. The maximum Gasteiger partial charge on any atom is 0.335 e. The van der Waals surface area contributed by atoms with Crippen LogP contribution in [0.1, 0.15) is 17.3 Å². The fourth-order valence-corrected chi connectivity index (χ4v) is 1.81. The molecule has 1 aromatic rings. The molecule has 1 aliphatic rings. The normalized spacial score (nSPS) is 16.1. The van der Waals surface area contributed by atoms with E-state index in [0.717, 1.165) is 0 Å². The van der Waals surface area contributed by atoms with E-state index in [-0.39, 0.29) is 18.1 Å². The summed E-state index contributed by atoms with van der Waals surface area (Å²) in [6.45, 7) is 3.39. The number of aromatic carboxylic acids is 1. The molecule has 2 N–H and O–H groups in total. The lowest BCUT2D eigenvalue weighted by atomic mass is 9.88. The first-order valence-electron chi connectivity index (χ1n) is 6.33. The Labute approximate surface area is 116 Å². The van der Waals surface area contributed by atoms with E-state index in [1.807, 2.05) is 6.92 Å². The molecule has 0 aliphatic carbocycles. The predicted molar refractivity (Wildman–Crippen MR) is 70.8 cm³/mol. The van der Waals surface area contributed by atoms with Crippen LogP contribution in [-0.4, -0.2) is 43.3 Å². The van der Waals surface area contributed by atoms with Crippen LogP contribution in [0.4, 0.5) is 0 Å². The molecule has 1 aliphatic heterocycles. The Bertz CT molecular complexity index is 510. The molecule has 20 heavy (non-hydrogen) atoms. The molecular weight excluding hydrogens is 262 g/mol. The van der Waals surface area contributed by atoms with Gasteiger partial charge in [0.05, 0.1) is 30.7 Å². The molecule has 1 aromatic carbocycles. The van der Waals surface area contributed by atoms with E-state index in [0.29, 0.717) is 25.5 Å². The Balaban J connectivity index is 1.74. The Morgan fingerprint density at radius 2 is 2.20 bits per heavy atom. The molecule has 1 saturated heterocycles. The van der Waals surface area contributed by atoms with Crippen LogP contribution >= 0.6 is 0 Å². The van der Waals surface area contributed by atoms with Crippen LogP contribution in [0.5, 0.6) is 5.75 Å². The Morgan fingerprint density at radius 1 is 1.45 bits per heavy atom. The van der Waals surface area contributed by atoms with E-state index in [2.05, 4.69) is 5.32 Å². The van der Waals surface area contributed by atoms with Gasteiger partial charge in [0.25, 0.3) is 0 Å². The van der Waals surface area contributed by atoms with Crippen molar-refractivity contribution < 1.29 is 24.2 Å². The van der Waals surface area contributed by atoms with Gasteiger partial charge < -0.3 is 19.9 Å². The number of hydrogen-bond donors (Lipinski definition) is 2. The van der Waals surface area contributed by atoms with Gasteiger partial charge in [-0.1, -0.05) is 6.07 Å². The van der Waals surface area contributed by atoms with Gasteiger partial charge in [0, 0.05) is 0 Å². The van der Waals surface area contributed by atoms with Gasteiger partial charge in [0.1, 0.15) is 12.4 Å². The second-order valence-electron chi connectivity index (χ2n) is 4.99. The average Bonchev–Trinajstić information content (AvgIpc) is 2.41. The van der Waals surface area contributed by atoms with Gasteiger partial charge in [-0.15, -0.1) is 0 Å². The minimum atomic E-state index is -0.998. The van der Waals surface area contributed by atoms with Crippen LogP contribution in [0.3, 0.4) is 0 Å². The Kier molecular flexibility index (Phi) is 4.24. The van der Waals surface area contributed by atoms with Crippen LogP contribution in [-0.2, 0) is 9.53 Å². The van der Waals surface area contributed by atoms with Crippen molar-refractivity contribution in [2.75, 3.05) is 26.4 Å². The summed E-state index contributed by atoms with van der Waals surface area (Å²) in [6.07, 6.45) is 0. The van der Waals surface area contributed by atoms with E-state index in [1.165, 1.54) is 12.1 Å². The molecule has 2 rings (SSSR count). The number of hydrogen-bond acceptors (Lipinski definition) is 4. The highest BCUT2D eigenvalue weighted by Crippen LogP contribution is 2.26. The van der Waals surface area contributed by atoms with Crippen LogP contribution in [0.25, 0.3) is 0 Å². The molecule has 0 bridgehead atoms. The van der Waals surface area contributed by atoms with Gasteiger partial charge in [0.2, 0.25) is 5.91 Å². The minimum Gasteiger partial charge on any atom is -0.492 e. The van der Waals surface area contributed by atoms with E-state index >= 15 is 0 Å². The molecule has 0 radical (unpaired) electrons. The van der Waals surface area contributed by atoms with Crippen molar-refractivity contribution in [2.45, 2.75) is 6.92 Å². The van der Waals surface area contributed by atoms with E-state index < -0.39 is 11.4 Å². The summed E-state index contributed by atoms with van der Waals surface area (Å²) in [5.74, 6) is -0.578. The summed E-state index contributed by atoms with van der Waals surface area (Å²) < 4.78 is 10.4. The number of carboxylic acids is 1. The number of carboxylic acid groups (broad SMARTS) is 1. The van der Waals surface area contributed by atoms with E-state index in [4.69, 9.17) is 14.6 Å². The van der Waals surface area contributed by atoms with Gasteiger partial charge in [-0.2, -0.15) is 0 Å². The molecule has 1 fully saturated rings. The van der Waals surface area contributed by atoms with Crippen LogP contribution < -0.4 is 10.1 Å². The second-order valence-corrected chi connectivity index (χ2v) is 4.99. The van der Waals surface area contributed by atoms with Crippen molar-refractivity contribution in [3.05, 3.63) is 29.8 Å². The SMILES string of the molecule is CC1(C(=O)NCCOc2cccc(C(=O)O)c2)COC1. The second kappa shape index (κ2) is 5.92. The fraction of sp³-hybridized carbons (Fsp3) is 0.429. The summed E-state index contributed by atoms with van der Waals surface area (Å²) >= 11 is 0. The van der Waals surface area contributed by atoms with Crippen molar-refractivity contribution in [1.29, 1.82) is 0 Å². The zero-order valence-corrected chi connectivity index (χ0v) is 11.2. The first-order chi connectivity index (χ1) is 9.51. The van der Waals surface area contributed by atoms with Gasteiger partial charge in [-0.05, 0) is 25.1 Å². The minimum absolute atomic E-state index is 0.0494. The topological polar surface area (TPSA) is 84.9 Å². The van der Waals surface area contributed by atoms with E-state index in [9.17, 15) is 9.59 Å². The number of benzene rings is 1. The lowest BCUT2D eigenvalue weighted by molar-refractivity contribution is -0.157. The van der Waals surface area contributed by atoms with Gasteiger partial charge >= 0.3 is 5.97 Å². The van der Waals surface area contributed by atoms with Crippen LogP contribution in [0, 0.1) is 5.41 Å². The molecule has 6 heteroatoms. The molecule has 0 unspecified atom stereocenters. The first kappa shape index (κ1) is 14.3. The van der Waals surface area contributed by atoms with Crippen molar-refractivity contribution in [3.8, 4) is 5.75 Å². The Morgan fingerprint density at radius 3 is 2.80 bits per heavy atom. The highest BCUT2D eigenvalue weighted by molar-refractivity contribution is 5.88. The first-order valence-corrected chi connectivity index (χ1v) is 6.33. The molecule has 6 nitrogen and oxygen atoms in total. The zero-order valence-electron chi connectivity index (χ0n) is 11.2. The molecule has 108 valence electrons. The molecule has 1 heterocycles. The highest BCUT2D eigenvalue weighted by atomic mass is 16.5. The van der Waals surface area contributed by atoms with Crippen molar-refractivity contribution >= 4 is 11.9 Å². The smallest absolute Gasteiger partial charge is 0.335 e. The summed E-state index contributed by atoms with van der Waals surface area (Å²) in [4.78, 5) is 22.6. The van der Waals surface area contributed by atoms with Gasteiger partial charge in [0.15, 0.2) is 0 Å². The summed E-state index contributed by atoms with van der Waals surface area (Å²) in [5.41, 5.74) is -0.255. The monoisotopic (exact) mass is 279 g/mol. The summed E-state index contributed by atoms with van der Waals surface area (Å²) in [7, 11) is 0. The van der Waals surface area contributed by atoms with Gasteiger partial charge in [-0.3, -0.25) is 4.79 Å². The number of nitrogens with one attached hydrogen (secondary N) is 1. The lowest BCUT2D eigenvalue weighted by Crippen LogP contribution is -2.52. The zero-order chi connectivity index (χ0) is 14.6. The average molecular weight is 279 g/mol. The van der Waals surface area contributed by atoms with Crippen molar-refractivity contribution in [1.82, 2.24) is 5.32 Å². The third-order valence-electron chi connectivity index (χ3n) is 3.13. The van der Waals surface area contributed by atoms with Crippen molar-refractivity contribution in [2.24, 2.45) is 5.41 Å².